The Bertz CT molecular complexity index is 659. The molecule has 1 aliphatic rings. The number of carbonyl (C=O) groups excluding carboxylic acids is 1. The van der Waals surface area contributed by atoms with Crippen molar-refractivity contribution in [1.29, 1.82) is 0 Å². The Morgan fingerprint density at radius 1 is 1.29 bits per heavy atom. The standard InChI is InChI=1S/C12H12Cl3NO4S/c13-11-8(3-4-9(12(11)14)21(15,18)19)20-6-10(17)16-5-7-1-2-7/h3-4,7H,1-2,5-6H2,(H,16,17). The van der Waals surface area contributed by atoms with Gasteiger partial charge in [0.25, 0.3) is 15.0 Å². The molecule has 1 N–H and O–H groups in total. The lowest BCUT2D eigenvalue weighted by Gasteiger charge is -2.10. The van der Waals surface area contributed by atoms with E-state index in [-0.39, 0.29) is 33.2 Å². The number of rotatable bonds is 6. The molecule has 0 aromatic heterocycles. The normalized spacial score (nSPS) is 14.8. The summed E-state index contributed by atoms with van der Waals surface area (Å²) >= 11 is 11.7. The van der Waals surface area contributed by atoms with Crippen molar-refractivity contribution in [2.24, 2.45) is 5.92 Å². The number of nitrogens with one attached hydrogen (secondary N) is 1. The van der Waals surface area contributed by atoms with E-state index in [1.807, 2.05) is 0 Å². The molecule has 21 heavy (non-hydrogen) atoms. The summed E-state index contributed by atoms with van der Waals surface area (Å²) in [5, 5.41) is 2.39. The first-order valence-electron chi connectivity index (χ1n) is 6.11. The van der Waals surface area contributed by atoms with Crippen LogP contribution in [-0.4, -0.2) is 27.5 Å². The Kier molecular flexibility index (Phi) is 5.24. The lowest BCUT2D eigenvalue weighted by Crippen LogP contribution is -2.30. The molecule has 2 rings (SSSR count). The minimum Gasteiger partial charge on any atom is -0.482 e. The predicted octanol–water partition coefficient (Wildman–Crippen LogP) is 2.83. The summed E-state index contributed by atoms with van der Waals surface area (Å²) < 4.78 is 27.7. The van der Waals surface area contributed by atoms with Crippen LogP contribution in [0.25, 0.3) is 0 Å². The van der Waals surface area contributed by atoms with Gasteiger partial charge in [-0.2, -0.15) is 0 Å². The lowest BCUT2D eigenvalue weighted by molar-refractivity contribution is -0.123. The lowest BCUT2D eigenvalue weighted by atomic mass is 10.3. The van der Waals surface area contributed by atoms with Gasteiger partial charge < -0.3 is 10.1 Å². The molecule has 1 aromatic rings. The summed E-state index contributed by atoms with van der Waals surface area (Å²) in [5.74, 6) is 0.413. The molecule has 9 heteroatoms. The average Bonchev–Trinajstić information content (AvgIpc) is 3.20. The molecule has 0 bridgehead atoms. The molecule has 0 radical (unpaired) electrons. The summed E-state index contributed by atoms with van der Waals surface area (Å²) in [5.41, 5.74) is 0. The summed E-state index contributed by atoms with van der Waals surface area (Å²) in [6.45, 7) is 0.413. The van der Waals surface area contributed by atoms with Crippen molar-refractivity contribution in [2.75, 3.05) is 13.2 Å². The van der Waals surface area contributed by atoms with Crippen LogP contribution in [-0.2, 0) is 13.8 Å². The molecule has 1 aromatic carbocycles. The molecule has 0 aliphatic heterocycles. The number of amides is 1. The van der Waals surface area contributed by atoms with Crippen LogP contribution in [0.15, 0.2) is 17.0 Å². The van der Waals surface area contributed by atoms with Crippen LogP contribution in [0.1, 0.15) is 12.8 Å². The van der Waals surface area contributed by atoms with Crippen molar-refractivity contribution in [1.82, 2.24) is 5.32 Å². The highest BCUT2D eigenvalue weighted by atomic mass is 35.7. The van der Waals surface area contributed by atoms with Crippen molar-refractivity contribution >= 4 is 48.8 Å². The number of ether oxygens (including phenoxy) is 1. The smallest absolute Gasteiger partial charge is 0.262 e. The van der Waals surface area contributed by atoms with Crippen LogP contribution in [0.4, 0.5) is 0 Å². The molecule has 0 spiro atoms. The fourth-order valence-electron chi connectivity index (χ4n) is 1.59. The summed E-state index contributed by atoms with van der Waals surface area (Å²) in [7, 11) is 1.22. The van der Waals surface area contributed by atoms with E-state index in [0.29, 0.717) is 12.5 Å². The molecule has 1 amide bonds. The zero-order valence-electron chi connectivity index (χ0n) is 10.7. The molecular weight excluding hydrogens is 361 g/mol. The second-order valence-corrected chi connectivity index (χ2v) is 7.95. The van der Waals surface area contributed by atoms with Gasteiger partial charge >= 0.3 is 0 Å². The Morgan fingerprint density at radius 2 is 1.95 bits per heavy atom. The van der Waals surface area contributed by atoms with E-state index < -0.39 is 9.05 Å². The van der Waals surface area contributed by atoms with Gasteiger partial charge in [-0.05, 0) is 30.9 Å². The van der Waals surface area contributed by atoms with E-state index in [4.69, 9.17) is 38.6 Å². The average molecular weight is 373 g/mol. The number of hydrogen-bond donors (Lipinski definition) is 1. The van der Waals surface area contributed by atoms with Crippen molar-refractivity contribution in [3.8, 4) is 5.75 Å². The predicted molar refractivity (Wildman–Crippen MR) is 80.7 cm³/mol. The van der Waals surface area contributed by atoms with Gasteiger partial charge in [-0.25, -0.2) is 8.42 Å². The van der Waals surface area contributed by atoms with Crippen LogP contribution >= 0.6 is 33.9 Å². The second kappa shape index (κ2) is 6.60. The van der Waals surface area contributed by atoms with E-state index >= 15 is 0 Å². The number of halogens is 3. The Labute approximate surface area is 136 Å². The van der Waals surface area contributed by atoms with Crippen LogP contribution in [0, 0.1) is 5.92 Å². The molecular formula is C12H12Cl3NO4S. The minimum absolute atomic E-state index is 0.103. The van der Waals surface area contributed by atoms with Crippen molar-refractivity contribution in [3.05, 3.63) is 22.2 Å². The third-order valence-electron chi connectivity index (χ3n) is 2.92. The molecule has 1 fully saturated rings. The van der Waals surface area contributed by atoms with Crippen molar-refractivity contribution in [3.63, 3.8) is 0 Å². The fraction of sp³-hybridized carbons (Fsp3) is 0.417. The van der Waals surface area contributed by atoms with Gasteiger partial charge in [0.15, 0.2) is 6.61 Å². The highest BCUT2D eigenvalue weighted by Gasteiger charge is 2.22. The quantitative estimate of drug-likeness (QED) is 0.779. The van der Waals surface area contributed by atoms with Gasteiger partial charge in [-0.3, -0.25) is 4.79 Å². The van der Waals surface area contributed by atoms with Crippen molar-refractivity contribution < 1.29 is 17.9 Å². The summed E-state index contributed by atoms with van der Waals surface area (Å²) in [6.07, 6.45) is 2.27. The molecule has 0 atom stereocenters. The Morgan fingerprint density at radius 3 is 2.52 bits per heavy atom. The largest absolute Gasteiger partial charge is 0.482 e. The highest BCUT2D eigenvalue weighted by molar-refractivity contribution is 8.13. The molecule has 0 saturated heterocycles. The molecule has 1 saturated carbocycles. The van der Waals surface area contributed by atoms with Gasteiger partial charge in [0.2, 0.25) is 0 Å². The minimum atomic E-state index is -3.99. The summed E-state index contributed by atoms with van der Waals surface area (Å²) in [4.78, 5) is 11.2. The zero-order chi connectivity index (χ0) is 15.6. The topological polar surface area (TPSA) is 72.5 Å². The zero-order valence-corrected chi connectivity index (χ0v) is 13.8. The fourth-order valence-corrected chi connectivity index (χ4v) is 3.38. The third kappa shape index (κ3) is 4.64. The molecule has 0 unspecified atom stereocenters. The maximum Gasteiger partial charge on any atom is 0.262 e. The van der Waals surface area contributed by atoms with Crippen LogP contribution < -0.4 is 10.1 Å². The Hall–Kier alpha value is -0.690. The van der Waals surface area contributed by atoms with E-state index in [2.05, 4.69) is 5.32 Å². The first kappa shape index (κ1) is 16.7. The molecule has 0 heterocycles. The van der Waals surface area contributed by atoms with Crippen molar-refractivity contribution in [2.45, 2.75) is 17.7 Å². The van der Waals surface area contributed by atoms with E-state index in [1.165, 1.54) is 12.1 Å². The van der Waals surface area contributed by atoms with E-state index in [9.17, 15) is 13.2 Å². The summed E-state index contributed by atoms with van der Waals surface area (Å²) in [6, 6.07) is 2.48. The van der Waals surface area contributed by atoms with Crippen LogP contribution in [0.3, 0.4) is 0 Å². The molecule has 5 nitrogen and oxygen atoms in total. The van der Waals surface area contributed by atoms with Gasteiger partial charge in [-0.15, -0.1) is 0 Å². The van der Waals surface area contributed by atoms with E-state index in [0.717, 1.165) is 12.8 Å². The van der Waals surface area contributed by atoms with E-state index in [1.54, 1.807) is 0 Å². The number of benzene rings is 1. The molecule has 1 aliphatic carbocycles. The van der Waals surface area contributed by atoms with Gasteiger partial charge in [0.05, 0.1) is 5.02 Å². The van der Waals surface area contributed by atoms with Gasteiger partial charge in [0.1, 0.15) is 15.7 Å². The second-order valence-electron chi connectivity index (χ2n) is 4.66. The molecule has 116 valence electrons. The number of carbonyl (C=O) groups is 1. The third-order valence-corrected chi connectivity index (χ3v) is 5.26. The van der Waals surface area contributed by atoms with Crippen LogP contribution in [0.5, 0.6) is 5.75 Å². The van der Waals surface area contributed by atoms with Crippen LogP contribution in [0.2, 0.25) is 10.0 Å². The SMILES string of the molecule is O=C(COc1ccc(S(=O)(=O)Cl)c(Cl)c1Cl)NCC1CC1. The Balaban J connectivity index is 2.00. The highest BCUT2D eigenvalue weighted by Crippen LogP contribution is 2.37. The van der Waals surface area contributed by atoms with Gasteiger partial charge in [-0.1, -0.05) is 23.2 Å². The maximum atomic E-state index is 11.5. The first-order valence-corrected chi connectivity index (χ1v) is 9.17. The first-order chi connectivity index (χ1) is 9.79. The number of hydrogen-bond acceptors (Lipinski definition) is 4. The maximum absolute atomic E-state index is 11.5. The van der Waals surface area contributed by atoms with Gasteiger partial charge in [0, 0.05) is 17.2 Å². The monoisotopic (exact) mass is 371 g/mol.